The average Bonchev–Trinajstić information content (AvgIpc) is 1.88. The van der Waals surface area contributed by atoms with E-state index in [9.17, 15) is 0 Å². The molecule has 1 rings (SSSR count). The van der Waals surface area contributed by atoms with Crippen molar-refractivity contribution in [2.24, 2.45) is 0 Å². The lowest BCUT2D eigenvalue weighted by Gasteiger charge is -1.87. The molecule has 0 amide bonds. The molecular weight excluding hydrogens is 112 g/mol. The molecule has 9 heavy (non-hydrogen) atoms. The summed E-state index contributed by atoms with van der Waals surface area (Å²) in [4.78, 5) is 6.97. The van der Waals surface area contributed by atoms with Crippen LogP contribution in [0.5, 0.6) is 0 Å². The molecular formula is C7H6N2. The third-order valence-corrected chi connectivity index (χ3v) is 1.02. The monoisotopic (exact) mass is 118 g/mol. The number of hydrogen-bond donors (Lipinski definition) is 0. The molecule has 0 bridgehead atoms. The van der Waals surface area contributed by atoms with Crippen LogP contribution in [0, 0.1) is 13.5 Å². The lowest BCUT2D eigenvalue weighted by atomic mass is 10.3. The van der Waals surface area contributed by atoms with Crippen molar-refractivity contribution < 1.29 is 0 Å². The Bertz CT molecular complexity index is 247. The first kappa shape index (κ1) is 5.77. The van der Waals surface area contributed by atoms with Crippen molar-refractivity contribution in [2.75, 3.05) is 0 Å². The number of hydrogen-bond acceptors (Lipinski definition) is 1. The van der Waals surface area contributed by atoms with Crippen LogP contribution >= 0.6 is 0 Å². The molecule has 0 aliphatic heterocycles. The van der Waals surface area contributed by atoms with Crippen molar-refractivity contribution in [2.45, 2.75) is 6.92 Å². The smallest absolute Gasteiger partial charge is 0.269 e. The van der Waals surface area contributed by atoms with Crippen LogP contribution in [0.1, 0.15) is 5.56 Å². The third-order valence-electron chi connectivity index (χ3n) is 1.02. The number of pyridine rings is 1. The molecule has 1 aromatic rings. The second-order valence-electron chi connectivity index (χ2n) is 1.80. The predicted octanol–water partition coefficient (Wildman–Crippen LogP) is 1.94. The van der Waals surface area contributed by atoms with Crippen LogP contribution in [-0.2, 0) is 0 Å². The lowest BCUT2D eigenvalue weighted by Crippen LogP contribution is -1.72. The normalized spacial score (nSPS) is 8.44. The molecule has 1 aromatic heterocycles. The molecule has 0 aromatic carbocycles. The Morgan fingerprint density at radius 2 is 2.44 bits per heavy atom. The first-order chi connectivity index (χ1) is 4.33. The molecule has 1 heterocycles. The Morgan fingerprint density at radius 1 is 1.67 bits per heavy atom. The SMILES string of the molecule is [C-]#[N+]c1cc(C)ccn1. The van der Waals surface area contributed by atoms with Crippen LogP contribution in [-0.4, -0.2) is 4.98 Å². The van der Waals surface area contributed by atoms with Gasteiger partial charge in [-0.25, -0.2) is 0 Å². The van der Waals surface area contributed by atoms with Gasteiger partial charge < -0.3 is 4.85 Å². The zero-order valence-electron chi connectivity index (χ0n) is 5.13. The summed E-state index contributed by atoms with van der Waals surface area (Å²) >= 11 is 0. The van der Waals surface area contributed by atoms with Crippen molar-refractivity contribution in [3.05, 3.63) is 35.3 Å². The minimum Gasteiger partial charge on any atom is -0.361 e. The van der Waals surface area contributed by atoms with Gasteiger partial charge in [-0.05, 0) is 19.1 Å². The number of rotatable bonds is 0. The van der Waals surface area contributed by atoms with E-state index < -0.39 is 0 Å². The van der Waals surface area contributed by atoms with Crippen LogP contribution in [0.4, 0.5) is 5.82 Å². The molecule has 0 unspecified atom stereocenters. The van der Waals surface area contributed by atoms with Gasteiger partial charge in [0.1, 0.15) is 6.20 Å². The fourth-order valence-electron chi connectivity index (χ4n) is 0.581. The zero-order chi connectivity index (χ0) is 6.69. The molecule has 0 aliphatic carbocycles. The lowest BCUT2D eigenvalue weighted by molar-refractivity contribution is 1.31. The largest absolute Gasteiger partial charge is 0.361 e. The molecule has 0 fully saturated rings. The Balaban J connectivity index is 3.12. The van der Waals surface area contributed by atoms with Gasteiger partial charge in [-0.1, -0.05) is 12.1 Å². The summed E-state index contributed by atoms with van der Waals surface area (Å²) in [6, 6.07) is 3.63. The predicted molar refractivity (Wildman–Crippen MR) is 35.2 cm³/mol. The summed E-state index contributed by atoms with van der Waals surface area (Å²) in [5.41, 5.74) is 1.08. The van der Waals surface area contributed by atoms with Gasteiger partial charge in [0, 0.05) is 0 Å². The fourth-order valence-corrected chi connectivity index (χ4v) is 0.581. The minimum absolute atomic E-state index is 0.468. The maximum Gasteiger partial charge on any atom is 0.269 e. The van der Waals surface area contributed by atoms with Crippen molar-refractivity contribution >= 4 is 5.82 Å². The molecule has 2 heteroatoms. The number of aryl methyl sites for hydroxylation is 1. The topological polar surface area (TPSA) is 17.2 Å². The molecule has 0 saturated heterocycles. The van der Waals surface area contributed by atoms with Gasteiger partial charge in [-0.2, -0.15) is 0 Å². The van der Waals surface area contributed by atoms with Gasteiger partial charge in [-0.3, -0.25) is 0 Å². The van der Waals surface area contributed by atoms with E-state index in [4.69, 9.17) is 6.57 Å². The van der Waals surface area contributed by atoms with Crippen molar-refractivity contribution in [3.63, 3.8) is 0 Å². The van der Waals surface area contributed by atoms with Crippen LogP contribution < -0.4 is 0 Å². The quantitative estimate of drug-likeness (QED) is 0.476. The van der Waals surface area contributed by atoms with E-state index in [2.05, 4.69) is 9.83 Å². The second kappa shape index (κ2) is 2.27. The third kappa shape index (κ3) is 1.26. The molecule has 2 nitrogen and oxygen atoms in total. The molecule has 0 atom stereocenters. The van der Waals surface area contributed by atoms with Crippen LogP contribution in [0.15, 0.2) is 18.3 Å². The van der Waals surface area contributed by atoms with Crippen LogP contribution in [0.2, 0.25) is 0 Å². The van der Waals surface area contributed by atoms with Gasteiger partial charge in [0.15, 0.2) is 0 Å². The summed E-state index contributed by atoms with van der Waals surface area (Å²) < 4.78 is 0. The highest BCUT2D eigenvalue weighted by atomic mass is 14.8. The Kier molecular flexibility index (Phi) is 1.46. The molecule has 0 spiro atoms. The van der Waals surface area contributed by atoms with Crippen LogP contribution in [0.3, 0.4) is 0 Å². The van der Waals surface area contributed by atoms with E-state index in [1.165, 1.54) is 0 Å². The highest BCUT2D eigenvalue weighted by Gasteiger charge is 1.89. The van der Waals surface area contributed by atoms with E-state index in [0.29, 0.717) is 5.82 Å². The van der Waals surface area contributed by atoms with Gasteiger partial charge in [0.25, 0.3) is 5.82 Å². The van der Waals surface area contributed by atoms with Gasteiger partial charge in [0.05, 0.1) is 0 Å². The maximum absolute atomic E-state index is 6.60. The second-order valence-corrected chi connectivity index (χ2v) is 1.80. The fraction of sp³-hybridized carbons (Fsp3) is 0.143. The average molecular weight is 118 g/mol. The van der Waals surface area contributed by atoms with E-state index >= 15 is 0 Å². The first-order valence-corrected chi connectivity index (χ1v) is 2.63. The van der Waals surface area contributed by atoms with E-state index in [0.717, 1.165) is 5.56 Å². The molecule has 0 aliphatic rings. The highest BCUT2D eigenvalue weighted by Crippen LogP contribution is 2.07. The number of nitrogens with zero attached hydrogens (tertiary/aromatic N) is 2. The van der Waals surface area contributed by atoms with Crippen molar-refractivity contribution in [1.82, 2.24) is 4.98 Å². The van der Waals surface area contributed by atoms with Gasteiger partial charge in [0.2, 0.25) is 0 Å². The van der Waals surface area contributed by atoms with Crippen molar-refractivity contribution in [3.8, 4) is 0 Å². The van der Waals surface area contributed by atoms with E-state index in [1.807, 2.05) is 13.0 Å². The van der Waals surface area contributed by atoms with E-state index in [-0.39, 0.29) is 0 Å². The van der Waals surface area contributed by atoms with Crippen LogP contribution in [0.25, 0.3) is 4.85 Å². The maximum atomic E-state index is 6.60. The summed E-state index contributed by atoms with van der Waals surface area (Å²) in [6.07, 6.45) is 1.64. The Hall–Kier alpha value is -1.36. The summed E-state index contributed by atoms with van der Waals surface area (Å²) in [5.74, 6) is 0.468. The van der Waals surface area contributed by atoms with Crippen molar-refractivity contribution in [1.29, 1.82) is 0 Å². The highest BCUT2D eigenvalue weighted by molar-refractivity contribution is 5.37. The first-order valence-electron chi connectivity index (χ1n) is 2.63. The Morgan fingerprint density at radius 3 is 2.89 bits per heavy atom. The standard InChI is InChI=1S/C7H6N2/c1-6-3-4-9-7(5-6)8-2/h3-5H,1H3. The molecule has 44 valence electrons. The van der Waals surface area contributed by atoms with Gasteiger partial charge in [-0.15, -0.1) is 4.98 Å². The van der Waals surface area contributed by atoms with E-state index in [1.54, 1.807) is 12.3 Å². The molecule has 0 saturated carbocycles. The molecule has 0 N–H and O–H groups in total. The Labute approximate surface area is 54.0 Å². The number of aromatic nitrogens is 1. The minimum atomic E-state index is 0.468. The summed E-state index contributed by atoms with van der Waals surface area (Å²) in [6.45, 7) is 8.54. The summed E-state index contributed by atoms with van der Waals surface area (Å²) in [7, 11) is 0. The van der Waals surface area contributed by atoms with Gasteiger partial charge >= 0.3 is 0 Å². The zero-order valence-corrected chi connectivity index (χ0v) is 5.13. The summed E-state index contributed by atoms with van der Waals surface area (Å²) in [5, 5.41) is 0. The molecule has 0 radical (unpaired) electrons.